The highest BCUT2D eigenvalue weighted by atomic mass is 16.3. The van der Waals surface area contributed by atoms with E-state index in [1.54, 1.807) is 13.0 Å². The average molecular weight is 281 g/mol. The molecule has 1 aromatic heterocycles. The van der Waals surface area contributed by atoms with Crippen LogP contribution in [0.5, 0.6) is 0 Å². The molecule has 2 rings (SSSR count). The van der Waals surface area contributed by atoms with E-state index < -0.39 is 0 Å². The van der Waals surface area contributed by atoms with E-state index in [1.165, 1.54) is 0 Å². The highest BCUT2D eigenvalue weighted by Crippen LogP contribution is 2.09. The molecule has 1 fully saturated rings. The predicted octanol–water partition coefficient (Wildman–Crippen LogP) is -0.603. The summed E-state index contributed by atoms with van der Waals surface area (Å²) < 4.78 is 0. The normalized spacial score (nSPS) is 18.9. The molecule has 1 saturated heterocycles. The molecule has 0 aromatic carbocycles. The third kappa shape index (κ3) is 3.78. The van der Waals surface area contributed by atoms with Crippen LogP contribution in [0, 0.1) is 0 Å². The van der Waals surface area contributed by atoms with Crippen LogP contribution in [0.1, 0.15) is 29.5 Å². The van der Waals surface area contributed by atoms with E-state index in [0.717, 1.165) is 31.7 Å². The van der Waals surface area contributed by atoms with Crippen LogP contribution in [0.3, 0.4) is 0 Å². The Balaban J connectivity index is 1.94. The number of hydrogen-bond donors (Lipinski definition) is 3. The molecule has 0 aliphatic carbocycles. The molecule has 1 aromatic rings. The van der Waals surface area contributed by atoms with Gasteiger partial charge in [-0.3, -0.25) is 14.8 Å². The molecule has 0 spiro atoms. The first-order valence-electron chi connectivity index (χ1n) is 7.04. The molecule has 7 nitrogen and oxygen atoms in total. The van der Waals surface area contributed by atoms with E-state index in [0.29, 0.717) is 25.3 Å². The maximum atomic E-state index is 12.3. The van der Waals surface area contributed by atoms with Crippen LogP contribution in [0.2, 0.25) is 0 Å². The van der Waals surface area contributed by atoms with Crippen molar-refractivity contribution >= 4 is 5.91 Å². The van der Waals surface area contributed by atoms with Gasteiger partial charge < -0.3 is 15.7 Å². The molecular weight excluding hydrogens is 258 g/mol. The fraction of sp³-hybridized carbons (Fsp3) is 0.692. The van der Waals surface area contributed by atoms with Gasteiger partial charge in [0.25, 0.3) is 5.91 Å². The molecule has 1 amide bonds. The summed E-state index contributed by atoms with van der Waals surface area (Å²) in [4.78, 5) is 16.4. The van der Waals surface area contributed by atoms with Crippen molar-refractivity contribution in [1.29, 1.82) is 0 Å². The summed E-state index contributed by atoms with van der Waals surface area (Å²) in [5.74, 6) is -0.0557. The number of rotatable bonds is 4. The zero-order valence-electron chi connectivity index (χ0n) is 11.9. The molecule has 112 valence electrons. The van der Waals surface area contributed by atoms with Crippen LogP contribution in [0.4, 0.5) is 0 Å². The molecule has 4 N–H and O–H groups in total. The second-order valence-corrected chi connectivity index (χ2v) is 5.28. The Morgan fingerprint density at radius 2 is 2.30 bits per heavy atom. The molecule has 2 heterocycles. The van der Waals surface area contributed by atoms with Gasteiger partial charge in [-0.25, -0.2) is 0 Å². The molecule has 20 heavy (non-hydrogen) atoms. The van der Waals surface area contributed by atoms with E-state index >= 15 is 0 Å². The number of nitrogens with one attached hydrogen (secondary N) is 1. The van der Waals surface area contributed by atoms with Gasteiger partial charge in [-0.15, -0.1) is 0 Å². The number of nitrogens with zero attached hydrogens (tertiary/aromatic N) is 3. The lowest BCUT2D eigenvalue weighted by Crippen LogP contribution is -2.37. The SMILES string of the molecule is CC(O)CN1CCCN(C(=O)c2cc(CN)[nH]n2)CC1. The van der Waals surface area contributed by atoms with E-state index in [-0.39, 0.29) is 12.0 Å². The van der Waals surface area contributed by atoms with Gasteiger partial charge in [-0.2, -0.15) is 5.10 Å². The predicted molar refractivity (Wildman–Crippen MR) is 75.1 cm³/mol. The van der Waals surface area contributed by atoms with Crippen LogP contribution in [0.15, 0.2) is 6.07 Å². The van der Waals surface area contributed by atoms with Gasteiger partial charge in [-0.05, 0) is 26.0 Å². The van der Waals surface area contributed by atoms with Crippen molar-refractivity contribution in [1.82, 2.24) is 20.0 Å². The van der Waals surface area contributed by atoms with Gasteiger partial charge in [0, 0.05) is 38.4 Å². The van der Waals surface area contributed by atoms with Crippen molar-refractivity contribution in [2.45, 2.75) is 26.0 Å². The standard InChI is InChI=1S/C13H23N5O2/c1-10(19)9-17-3-2-4-18(6-5-17)13(20)12-7-11(8-14)15-16-12/h7,10,19H,2-6,8-9,14H2,1H3,(H,15,16). The van der Waals surface area contributed by atoms with Crippen molar-refractivity contribution in [3.05, 3.63) is 17.5 Å². The van der Waals surface area contributed by atoms with Crippen LogP contribution in [-0.2, 0) is 6.54 Å². The van der Waals surface area contributed by atoms with Crippen LogP contribution < -0.4 is 5.73 Å². The Morgan fingerprint density at radius 3 is 2.95 bits per heavy atom. The highest BCUT2D eigenvalue weighted by molar-refractivity contribution is 5.92. The molecule has 0 radical (unpaired) electrons. The first-order chi connectivity index (χ1) is 9.60. The number of aromatic amines is 1. The van der Waals surface area contributed by atoms with Crippen molar-refractivity contribution < 1.29 is 9.90 Å². The molecular formula is C13H23N5O2. The number of amides is 1. The summed E-state index contributed by atoms with van der Waals surface area (Å²) in [5, 5.41) is 16.2. The second kappa shape index (κ2) is 6.83. The Kier molecular flexibility index (Phi) is 5.11. The van der Waals surface area contributed by atoms with Crippen LogP contribution in [-0.4, -0.2) is 69.8 Å². The Labute approximate surface area is 118 Å². The summed E-state index contributed by atoms with van der Waals surface area (Å²) >= 11 is 0. The first-order valence-corrected chi connectivity index (χ1v) is 7.04. The summed E-state index contributed by atoms with van der Waals surface area (Å²) in [6.45, 7) is 5.86. The minimum absolute atomic E-state index is 0.0557. The van der Waals surface area contributed by atoms with Crippen molar-refractivity contribution in [3.63, 3.8) is 0 Å². The van der Waals surface area contributed by atoms with E-state index in [9.17, 15) is 9.90 Å². The molecule has 1 atom stereocenters. The molecule has 1 unspecified atom stereocenters. The number of carbonyl (C=O) groups excluding carboxylic acids is 1. The summed E-state index contributed by atoms with van der Waals surface area (Å²) in [6, 6.07) is 1.71. The number of nitrogens with two attached hydrogens (primary N) is 1. The fourth-order valence-electron chi connectivity index (χ4n) is 2.47. The number of aromatic nitrogens is 2. The van der Waals surface area contributed by atoms with Crippen LogP contribution in [0.25, 0.3) is 0 Å². The van der Waals surface area contributed by atoms with Gasteiger partial charge in [0.1, 0.15) is 5.69 Å². The Bertz CT molecular complexity index is 446. The lowest BCUT2D eigenvalue weighted by molar-refractivity contribution is 0.0751. The van der Waals surface area contributed by atoms with E-state index in [1.807, 2.05) is 4.90 Å². The maximum Gasteiger partial charge on any atom is 0.274 e. The Hall–Kier alpha value is -1.44. The first kappa shape index (κ1) is 15.0. The molecule has 1 aliphatic heterocycles. The van der Waals surface area contributed by atoms with Gasteiger partial charge in [0.2, 0.25) is 0 Å². The minimum atomic E-state index is -0.337. The summed E-state index contributed by atoms with van der Waals surface area (Å²) in [7, 11) is 0. The van der Waals surface area contributed by atoms with Crippen molar-refractivity contribution in [2.75, 3.05) is 32.7 Å². The quantitative estimate of drug-likeness (QED) is 0.684. The number of carbonyl (C=O) groups is 1. The number of β-amino-alcohol motifs (C(OH)–C–C–N with tert-alkyl or cyclic N) is 1. The zero-order chi connectivity index (χ0) is 14.5. The third-order valence-corrected chi connectivity index (χ3v) is 3.47. The summed E-state index contributed by atoms with van der Waals surface area (Å²) in [5.41, 5.74) is 6.69. The van der Waals surface area contributed by atoms with Crippen molar-refractivity contribution in [2.24, 2.45) is 5.73 Å². The number of aliphatic hydroxyl groups is 1. The number of H-pyrrole nitrogens is 1. The summed E-state index contributed by atoms with van der Waals surface area (Å²) in [6.07, 6.45) is 0.572. The lowest BCUT2D eigenvalue weighted by Gasteiger charge is -2.22. The number of aliphatic hydroxyl groups excluding tert-OH is 1. The lowest BCUT2D eigenvalue weighted by atomic mass is 10.3. The molecule has 7 heteroatoms. The smallest absolute Gasteiger partial charge is 0.274 e. The maximum absolute atomic E-state index is 12.3. The monoisotopic (exact) mass is 281 g/mol. The van der Waals surface area contributed by atoms with Gasteiger partial charge in [0.05, 0.1) is 6.10 Å². The zero-order valence-corrected chi connectivity index (χ0v) is 11.9. The topological polar surface area (TPSA) is 98.5 Å². The Morgan fingerprint density at radius 1 is 1.50 bits per heavy atom. The fourth-order valence-corrected chi connectivity index (χ4v) is 2.47. The highest BCUT2D eigenvalue weighted by Gasteiger charge is 2.22. The molecule has 0 saturated carbocycles. The third-order valence-electron chi connectivity index (χ3n) is 3.47. The van der Waals surface area contributed by atoms with E-state index in [2.05, 4.69) is 15.1 Å². The molecule has 0 bridgehead atoms. The molecule has 1 aliphatic rings. The minimum Gasteiger partial charge on any atom is -0.392 e. The van der Waals surface area contributed by atoms with Crippen LogP contribution >= 0.6 is 0 Å². The van der Waals surface area contributed by atoms with Crippen molar-refractivity contribution in [3.8, 4) is 0 Å². The average Bonchev–Trinajstić information content (AvgIpc) is 2.78. The number of hydrogen-bond acceptors (Lipinski definition) is 5. The van der Waals surface area contributed by atoms with Gasteiger partial charge >= 0.3 is 0 Å². The largest absolute Gasteiger partial charge is 0.392 e. The van der Waals surface area contributed by atoms with Gasteiger partial charge in [0.15, 0.2) is 0 Å². The van der Waals surface area contributed by atoms with E-state index in [4.69, 9.17) is 5.73 Å². The second-order valence-electron chi connectivity index (χ2n) is 5.28. The van der Waals surface area contributed by atoms with Gasteiger partial charge in [-0.1, -0.05) is 0 Å².